The van der Waals surface area contributed by atoms with Crippen LogP contribution in [-0.2, 0) is 9.84 Å². The number of rotatable bonds is 4. The van der Waals surface area contributed by atoms with Gasteiger partial charge in [-0.05, 0) is 31.2 Å². The van der Waals surface area contributed by atoms with Gasteiger partial charge in [-0.2, -0.15) is 0 Å². The monoisotopic (exact) mass is 299 g/mol. The van der Waals surface area contributed by atoms with E-state index in [0.29, 0.717) is 5.56 Å². The lowest BCUT2D eigenvalue weighted by molar-refractivity contribution is 0.0776. The average molecular weight is 299 g/mol. The maximum absolute atomic E-state index is 12.2. The largest absolute Gasteiger partial charge is 0.409 e. The predicted octanol–water partition coefficient (Wildman–Crippen LogP) is 0.297. The number of oxime groups is 1. The number of amides is 1. The van der Waals surface area contributed by atoms with Crippen molar-refractivity contribution in [1.82, 2.24) is 4.90 Å². The zero-order chi connectivity index (χ0) is 15.5. The van der Waals surface area contributed by atoms with Crippen LogP contribution in [0.5, 0.6) is 0 Å². The van der Waals surface area contributed by atoms with Gasteiger partial charge in [0.15, 0.2) is 15.7 Å². The van der Waals surface area contributed by atoms with Gasteiger partial charge in [-0.1, -0.05) is 5.16 Å². The molecule has 1 aromatic carbocycles. The van der Waals surface area contributed by atoms with Crippen LogP contribution in [0.3, 0.4) is 0 Å². The first-order valence-electron chi connectivity index (χ1n) is 5.73. The normalized spacial score (nSPS) is 13.8. The highest BCUT2D eigenvalue weighted by Gasteiger charge is 2.21. The summed E-state index contributed by atoms with van der Waals surface area (Å²) < 4.78 is 22.7. The van der Waals surface area contributed by atoms with Crippen LogP contribution in [0.25, 0.3) is 0 Å². The van der Waals surface area contributed by atoms with Gasteiger partial charge in [0.1, 0.15) is 0 Å². The molecule has 1 unspecified atom stereocenters. The maximum Gasteiger partial charge on any atom is 0.254 e. The van der Waals surface area contributed by atoms with Crippen LogP contribution in [0.2, 0.25) is 0 Å². The summed E-state index contributed by atoms with van der Waals surface area (Å²) in [6.45, 7) is 1.61. The summed E-state index contributed by atoms with van der Waals surface area (Å²) in [4.78, 5) is 13.6. The summed E-state index contributed by atoms with van der Waals surface area (Å²) in [6.07, 6.45) is 1.09. The highest BCUT2D eigenvalue weighted by molar-refractivity contribution is 7.90. The van der Waals surface area contributed by atoms with Gasteiger partial charge in [0.25, 0.3) is 5.91 Å². The Hall–Kier alpha value is -2.09. The number of benzene rings is 1. The zero-order valence-electron chi connectivity index (χ0n) is 11.4. The molecule has 0 saturated heterocycles. The number of carbonyl (C=O) groups is 1. The molecular weight excluding hydrogens is 282 g/mol. The number of nitrogens with two attached hydrogens (primary N) is 1. The molecule has 0 aliphatic carbocycles. The Morgan fingerprint density at radius 3 is 2.25 bits per heavy atom. The van der Waals surface area contributed by atoms with E-state index in [0.717, 1.165) is 6.26 Å². The van der Waals surface area contributed by atoms with Gasteiger partial charge in [0.05, 0.1) is 10.9 Å². The lowest BCUT2D eigenvalue weighted by Crippen LogP contribution is -2.43. The molecule has 110 valence electrons. The summed E-state index contributed by atoms with van der Waals surface area (Å²) in [5, 5.41) is 11.4. The number of carbonyl (C=O) groups excluding carboxylic acids is 1. The Morgan fingerprint density at radius 1 is 1.35 bits per heavy atom. The van der Waals surface area contributed by atoms with Crippen LogP contribution in [0.1, 0.15) is 17.3 Å². The van der Waals surface area contributed by atoms with E-state index < -0.39 is 15.9 Å². The van der Waals surface area contributed by atoms with E-state index in [-0.39, 0.29) is 16.6 Å². The molecular formula is C12H17N3O4S. The van der Waals surface area contributed by atoms with Crippen LogP contribution in [-0.4, -0.2) is 49.6 Å². The Bertz CT molecular complexity index is 623. The molecule has 3 N–H and O–H groups in total. The van der Waals surface area contributed by atoms with E-state index in [9.17, 15) is 13.2 Å². The summed E-state index contributed by atoms with van der Waals surface area (Å²) in [7, 11) is -1.79. The fourth-order valence-corrected chi connectivity index (χ4v) is 2.14. The highest BCUT2D eigenvalue weighted by atomic mass is 32.2. The Kier molecular flexibility index (Phi) is 4.72. The number of sulfone groups is 1. The van der Waals surface area contributed by atoms with Gasteiger partial charge in [-0.3, -0.25) is 4.79 Å². The first kappa shape index (κ1) is 16.0. The van der Waals surface area contributed by atoms with Crippen LogP contribution >= 0.6 is 0 Å². The Morgan fingerprint density at radius 2 is 1.85 bits per heavy atom. The lowest BCUT2D eigenvalue weighted by atomic mass is 10.1. The summed E-state index contributed by atoms with van der Waals surface area (Å²) in [5.74, 6) is -0.447. The molecule has 7 nitrogen and oxygen atoms in total. The topological polar surface area (TPSA) is 113 Å². The molecule has 0 fully saturated rings. The van der Waals surface area contributed by atoms with Crippen molar-refractivity contribution >= 4 is 21.6 Å². The molecule has 1 atom stereocenters. The molecule has 0 aromatic heterocycles. The van der Waals surface area contributed by atoms with E-state index in [4.69, 9.17) is 10.9 Å². The molecule has 0 bridgehead atoms. The minimum atomic E-state index is -3.30. The van der Waals surface area contributed by atoms with Gasteiger partial charge in [-0.15, -0.1) is 0 Å². The van der Waals surface area contributed by atoms with Gasteiger partial charge in [-0.25, -0.2) is 8.42 Å². The molecule has 8 heteroatoms. The summed E-state index contributed by atoms with van der Waals surface area (Å²) in [5.41, 5.74) is 5.76. The standard InChI is InChI=1S/C12H17N3O4S/c1-8(11(13)14-17)15(2)12(16)9-4-6-10(7-5-9)20(3,18)19/h4-8,17H,1-3H3,(H2,13,14). The molecule has 20 heavy (non-hydrogen) atoms. The van der Waals surface area contributed by atoms with Crippen molar-refractivity contribution in [2.75, 3.05) is 13.3 Å². The van der Waals surface area contributed by atoms with Crippen LogP contribution < -0.4 is 5.73 Å². The first-order chi connectivity index (χ1) is 9.18. The van der Waals surface area contributed by atoms with E-state index in [2.05, 4.69) is 5.16 Å². The minimum absolute atomic E-state index is 0.0893. The Labute approximate surface area is 117 Å². The molecule has 0 aliphatic rings. The van der Waals surface area contributed by atoms with Gasteiger partial charge >= 0.3 is 0 Å². The van der Waals surface area contributed by atoms with Crippen molar-refractivity contribution in [1.29, 1.82) is 0 Å². The SMILES string of the molecule is CC(C(N)=NO)N(C)C(=O)c1ccc(S(C)(=O)=O)cc1. The highest BCUT2D eigenvalue weighted by Crippen LogP contribution is 2.12. The van der Waals surface area contributed by atoms with E-state index in [1.807, 2.05) is 0 Å². The average Bonchev–Trinajstić information content (AvgIpc) is 2.43. The molecule has 0 heterocycles. The molecule has 0 aliphatic heterocycles. The van der Waals surface area contributed by atoms with Crippen LogP contribution in [0.15, 0.2) is 34.3 Å². The number of nitrogens with zero attached hydrogens (tertiary/aromatic N) is 2. The maximum atomic E-state index is 12.2. The van der Waals surface area contributed by atoms with Gasteiger partial charge < -0.3 is 15.8 Å². The van der Waals surface area contributed by atoms with Crippen molar-refractivity contribution < 1.29 is 18.4 Å². The van der Waals surface area contributed by atoms with Crippen molar-refractivity contribution in [2.45, 2.75) is 17.9 Å². The summed E-state index contributed by atoms with van der Waals surface area (Å²) >= 11 is 0. The molecule has 0 radical (unpaired) electrons. The molecule has 1 rings (SSSR count). The third-order valence-corrected chi connectivity index (χ3v) is 4.10. The van der Waals surface area contributed by atoms with Crippen molar-refractivity contribution in [2.24, 2.45) is 10.9 Å². The fraction of sp³-hybridized carbons (Fsp3) is 0.333. The second-order valence-electron chi connectivity index (χ2n) is 4.41. The second-order valence-corrected chi connectivity index (χ2v) is 6.43. The van der Waals surface area contributed by atoms with Crippen molar-refractivity contribution in [3.05, 3.63) is 29.8 Å². The zero-order valence-corrected chi connectivity index (χ0v) is 12.3. The fourth-order valence-electron chi connectivity index (χ4n) is 1.51. The first-order valence-corrected chi connectivity index (χ1v) is 7.62. The van der Waals surface area contributed by atoms with E-state index in [1.165, 1.54) is 36.2 Å². The third kappa shape index (κ3) is 3.47. The third-order valence-electron chi connectivity index (χ3n) is 2.97. The predicted molar refractivity (Wildman–Crippen MR) is 74.5 cm³/mol. The van der Waals surface area contributed by atoms with Crippen molar-refractivity contribution in [3.8, 4) is 0 Å². The van der Waals surface area contributed by atoms with Gasteiger partial charge in [0.2, 0.25) is 0 Å². The summed E-state index contributed by atoms with van der Waals surface area (Å²) in [6, 6.07) is 5.00. The Balaban J connectivity index is 2.99. The van der Waals surface area contributed by atoms with E-state index >= 15 is 0 Å². The quantitative estimate of drug-likeness (QED) is 0.359. The molecule has 0 spiro atoms. The van der Waals surface area contributed by atoms with Crippen molar-refractivity contribution in [3.63, 3.8) is 0 Å². The number of hydrogen-bond acceptors (Lipinski definition) is 5. The molecule has 0 saturated carbocycles. The van der Waals surface area contributed by atoms with E-state index in [1.54, 1.807) is 6.92 Å². The minimum Gasteiger partial charge on any atom is -0.409 e. The number of amidine groups is 1. The second kappa shape index (κ2) is 5.91. The number of hydrogen-bond donors (Lipinski definition) is 2. The molecule has 1 amide bonds. The number of likely N-dealkylation sites (N-methyl/N-ethyl adjacent to an activating group) is 1. The van der Waals surface area contributed by atoms with Crippen LogP contribution in [0.4, 0.5) is 0 Å². The smallest absolute Gasteiger partial charge is 0.254 e. The van der Waals surface area contributed by atoms with Crippen LogP contribution in [0, 0.1) is 0 Å². The lowest BCUT2D eigenvalue weighted by Gasteiger charge is -2.23. The van der Waals surface area contributed by atoms with Gasteiger partial charge in [0, 0.05) is 18.9 Å². The molecule has 1 aromatic rings.